The molecular weight excluding hydrogens is 440 g/mol. The maximum absolute atomic E-state index is 14.8. The predicted octanol–water partition coefficient (Wildman–Crippen LogP) is 5.25. The summed E-state index contributed by atoms with van der Waals surface area (Å²) in [5.41, 5.74) is -0.190. The molecule has 0 saturated carbocycles. The summed E-state index contributed by atoms with van der Waals surface area (Å²) >= 11 is 6.14. The van der Waals surface area contributed by atoms with Crippen LogP contribution < -0.4 is 9.64 Å². The number of Topliss-reactive ketones (excluding diaryl/α,β-unsaturated/α-hetero) is 1. The number of anilines is 1. The zero-order chi connectivity index (χ0) is 23.0. The van der Waals surface area contributed by atoms with Crippen molar-refractivity contribution in [2.45, 2.75) is 6.04 Å². The maximum Gasteiger partial charge on any atom is 0.300 e. The second-order valence-electron chi connectivity index (χ2n) is 7.02. The Kier molecular flexibility index (Phi) is 5.67. The first-order chi connectivity index (χ1) is 15.3. The van der Waals surface area contributed by atoms with Crippen LogP contribution >= 0.6 is 11.6 Å². The van der Waals surface area contributed by atoms with E-state index in [0.29, 0.717) is 5.75 Å². The predicted molar refractivity (Wildman–Crippen MR) is 116 cm³/mol. The van der Waals surface area contributed by atoms with Gasteiger partial charge < -0.3 is 9.84 Å². The molecule has 8 heteroatoms. The fourth-order valence-corrected chi connectivity index (χ4v) is 3.94. The second kappa shape index (κ2) is 8.43. The Hall–Kier alpha value is -3.71. The average Bonchev–Trinajstić information content (AvgIpc) is 3.04. The lowest BCUT2D eigenvalue weighted by atomic mass is 9.94. The molecule has 1 aliphatic heterocycles. The number of benzene rings is 3. The number of rotatable bonds is 4. The van der Waals surface area contributed by atoms with Crippen LogP contribution in [0.5, 0.6) is 5.75 Å². The Morgan fingerprint density at radius 2 is 1.78 bits per heavy atom. The van der Waals surface area contributed by atoms with Gasteiger partial charge in [-0.1, -0.05) is 35.9 Å². The summed E-state index contributed by atoms with van der Waals surface area (Å²) in [6.45, 7) is 0. The van der Waals surface area contributed by atoms with Crippen molar-refractivity contribution in [2.75, 3.05) is 12.0 Å². The van der Waals surface area contributed by atoms with Crippen LogP contribution in [0.3, 0.4) is 0 Å². The van der Waals surface area contributed by atoms with E-state index in [1.165, 1.54) is 67.8 Å². The third kappa shape index (κ3) is 3.61. The van der Waals surface area contributed by atoms with Crippen LogP contribution in [0.25, 0.3) is 5.76 Å². The van der Waals surface area contributed by atoms with Gasteiger partial charge in [0.1, 0.15) is 23.1 Å². The third-order valence-electron chi connectivity index (χ3n) is 5.16. The number of aliphatic hydroxyl groups is 1. The van der Waals surface area contributed by atoms with Gasteiger partial charge in [-0.15, -0.1) is 0 Å². The van der Waals surface area contributed by atoms with Crippen molar-refractivity contribution < 1.29 is 28.2 Å². The quantitative estimate of drug-likeness (QED) is 0.331. The molecule has 1 heterocycles. The number of ketones is 1. The molecule has 0 radical (unpaired) electrons. The maximum atomic E-state index is 14.8. The van der Waals surface area contributed by atoms with Gasteiger partial charge in [-0.3, -0.25) is 14.5 Å². The number of carbonyl (C=O) groups is 2. The molecule has 3 aromatic rings. The molecule has 1 saturated heterocycles. The van der Waals surface area contributed by atoms with E-state index in [-0.39, 0.29) is 27.4 Å². The van der Waals surface area contributed by atoms with Crippen molar-refractivity contribution in [2.24, 2.45) is 0 Å². The van der Waals surface area contributed by atoms with Crippen molar-refractivity contribution in [3.05, 3.63) is 100 Å². The Morgan fingerprint density at radius 3 is 2.44 bits per heavy atom. The van der Waals surface area contributed by atoms with E-state index in [0.717, 1.165) is 11.0 Å². The van der Waals surface area contributed by atoms with Crippen molar-refractivity contribution in [1.29, 1.82) is 0 Å². The number of amides is 1. The van der Waals surface area contributed by atoms with Crippen LogP contribution in [-0.4, -0.2) is 23.9 Å². The smallest absolute Gasteiger partial charge is 0.300 e. The number of halogens is 3. The minimum absolute atomic E-state index is 0.0304. The topological polar surface area (TPSA) is 66.8 Å². The summed E-state index contributed by atoms with van der Waals surface area (Å²) in [5.74, 6) is -3.59. The average molecular weight is 456 g/mol. The van der Waals surface area contributed by atoms with Crippen molar-refractivity contribution in [1.82, 2.24) is 0 Å². The Bertz CT molecular complexity index is 1270. The summed E-state index contributed by atoms with van der Waals surface area (Å²) in [5, 5.41) is 11.2. The lowest BCUT2D eigenvalue weighted by molar-refractivity contribution is -0.132. The highest BCUT2D eigenvalue weighted by Crippen LogP contribution is 2.43. The summed E-state index contributed by atoms with van der Waals surface area (Å²) in [7, 11) is 1.42. The standard InChI is InChI=1S/C24H16ClF2NO4/c1-32-19-10-9-13(11-17(19)25)22(29)20-21(16-7-2-3-8-18(16)27)28(24(31)23(20)30)15-6-4-5-14(26)12-15/h2-12,21,29H,1H3/b22-20+. The fraction of sp³-hybridized carbons (Fsp3) is 0.0833. The summed E-state index contributed by atoms with van der Waals surface area (Å²) in [6.07, 6.45) is 0. The monoisotopic (exact) mass is 455 g/mol. The van der Waals surface area contributed by atoms with Crippen LogP contribution in [0, 0.1) is 11.6 Å². The molecular formula is C24H16ClF2NO4. The Labute approximate surface area is 187 Å². The minimum Gasteiger partial charge on any atom is -0.507 e. The Balaban J connectivity index is 1.97. The molecule has 4 rings (SSSR count). The largest absolute Gasteiger partial charge is 0.507 e. The molecule has 1 aliphatic rings. The summed E-state index contributed by atoms with van der Waals surface area (Å²) < 4.78 is 33.8. The van der Waals surface area contributed by atoms with Gasteiger partial charge in [0.25, 0.3) is 11.7 Å². The van der Waals surface area contributed by atoms with Crippen LogP contribution in [-0.2, 0) is 9.59 Å². The first-order valence-corrected chi connectivity index (χ1v) is 9.86. The number of methoxy groups -OCH3 is 1. The first kappa shape index (κ1) is 21.5. The van der Waals surface area contributed by atoms with Gasteiger partial charge in [0, 0.05) is 16.8 Å². The van der Waals surface area contributed by atoms with Crippen molar-refractivity contribution in [3.8, 4) is 5.75 Å². The molecule has 1 atom stereocenters. The van der Waals surface area contributed by atoms with Gasteiger partial charge in [0.15, 0.2) is 0 Å². The van der Waals surface area contributed by atoms with E-state index in [1.54, 1.807) is 0 Å². The number of carbonyl (C=O) groups excluding carboxylic acids is 2. The van der Waals surface area contributed by atoms with Crippen molar-refractivity contribution in [3.63, 3.8) is 0 Å². The molecule has 0 aromatic heterocycles. The van der Waals surface area contributed by atoms with Crippen molar-refractivity contribution >= 4 is 34.7 Å². The lowest BCUT2D eigenvalue weighted by Gasteiger charge is -2.25. The molecule has 5 nitrogen and oxygen atoms in total. The summed E-state index contributed by atoms with van der Waals surface area (Å²) in [6, 6.07) is 13.6. The second-order valence-corrected chi connectivity index (χ2v) is 7.43. The van der Waals surface area contributed by atoms with E-state index in [9.17, 15) is 23.5 Å². The van der Waals surface area contributed by atoms with Gasteiger partial charge >= 0.3 is 0 Å². The molecule has 32 heavy (non-hydrogen) atoms. The van der Waals surface area contributed by atoms with E-state index >= 15 is 0 Å². The third-order valence-corrected chi connectivity index (χ3v) is 5.45. The lowest BCUT2D eigenvalue weighted by Crippen LogP contribution is -2.30. The van der Waals surface area contributed by atoms with Gasteiger partial charge in [-0.2, -0.15) is 0 Å². The first-order valence-electron chi connectivity index (χ1n) is 9.48. The number of hydrogen-bond donors (Lipinski definition) is 1. The number of ether oxygens (including phenoxy) is 1. The van der Waals surface area contributed by atoms with E-state index < -0.39 is 35.1 Å². The van der Waals surface area contributed by atoms with E-state index in [4.69, 9.17) is 16.3 Å². The van der Waals surface area contributed by atoms with Crippen LogP contribution in [0.1, 0.15) is 17.2 Å². The molecule has 0 aliphatic carbocycles. The van der Waals surface area contributed by atoms with Gasteiger partial charge in [-0.05, 0) is 42.5 Å². The zero-order valence-electron chi connectivity index (χ0n) is 16.7. The summed E-state index contributed by atoms with van der Waals surface area (Å²) in [4.78, 5) is 26.9. The molecule has 3 aromatic carbocycles. The molecule has 1 unspecified atom stereocenters. The van der Waals surface area contributed by atoms with E-state index in [1.807, 2.05) is 0 Å². The molecule has 1 amide bonds. The van der Waals surface area contributed by atoms with Gasteiger partial charge in [-0.25, -0.2) is 8.78 Å². The van der Waals surface area contributed by atoms with E-state index in [2.05, 4.69) is 0 Å². The fourth-order valence-electron chi connectivity index (χ4n) is 3.69. The SMILES string of the molecule is COc1ccc(/C(O)=C2\C(=O)C(=O)N(c3cccc(F)c3)C2c2ccccc2F)cc1Cl. The number of aliphatic hydroxyl groups excluding tert-OH is 1. The highest BCUT2D eigenvalue weighted by Gasteiger charge is 2.47. The molecule has 162 valence electrons. The molecule has 1 fully saturated rings. The molecule has 1 N–H and O–H groups in total. The Morgan fingerprint density at radius 1 is 1.03 bits per heavy atom. The van der Waals surface area contributed by atoms with Crippen LogP contribution in [0.4, 0.5) is 14.5 Å². The zero-order valence-corrected chi connectivity index (χ0v) is 17.4. The van der Waals surface area contributed by atoms with Crippen LogP contribution in [0.15, 0.2) is 72.3 Å². The van der Waals surface area contributed by atoms with Crippen LogP contribution in [0.2, 0.25) is 5.02 Å². The van der Waals surface area contributed by atoms with Gasteiger partial charge in [0.05, 0.1) is 23.7 Å². The minimum atomic E-state index is -1.32. The number of nitrogens with zero attached hydrogens (tertiary/aromatic N) is 1. The number of hydrogen-bond acceptors (Lipinski definition) is 4. The highest BCUT2D eigenvalue weighted by molar-refractivity contribution is 6.51. The normalized spacial score (nSPS) is 17.6. The molecule has 0 bridgehead atoms. The highest BCUT2D eigenvalue weighted by atomic mass is 35.5. The molecule has 0 spiro atoms. The van der Waals surface area contributed by atoms with Gasteiger partial charge in [0.2, 0.25) is 0 Å².